The summed E-state index contributed by atoms with van der Waals surface area (Å²) in [7, 11) is 0. The second kappa shape index (κ2) is 11.5. The monoisotopic (exact) mass is 562 g/mol. The van der Waals surface area contributed by atoms with Gasteiger partial charge in [-0.05, 0) is 48.7 Å². The molecule has 1 aliphatic heterocycles. The fraction of sp³-hybridized carbons (Fsp3) is 0.182. The zero-order valence-corrected chi connectivity index (χ0v) is 23.7. The van der Waals surface area contributed by atoms with Crippen LogP contribution in [0.25, 0.3) is 16.9 Å². The minimum atomic E-state index is -0.279. The summed E-state index contributed by atoms with van der Waals surface area (Å²) in [5.41, 5.74) is 6.79. The van der Waals surface area contributed by atoms with E-state index in [1.807, 2.05) is 78.3 Å². The molecule has 1 N–H and O–H groups in total. The maximum absolute atomic E-state index is 13.9. The molecular formula is C33H30N4O3S. The van der Waals surface area contributed by atoms with Crippen LogP contribution in [0.3, 0.4) is 0 Å². The molecule has 2 aromatic heterocycles. The highest BCUT2D eigenvalue weighted by atomic mass is 32.2. The molecule has 6 rings (SSSR count). The van der Waals surface area contributed by atoms with Crippen LogP contribution < -0.4 is 10.2 Å². The predicted molar refractivity (Wildman–Crippen MR) is 162 cm³/mol. The first kappa shape index (κ1) is 26.7. The molecule has 3 aromatic carbocycles. The van der Waals surface area contributed by atoms with Crippen LogP contribution in [-0.4, -0.2) is 33.9 Å². The number of rotatable bonds is 7. The van der Waals surface area contributed by atoms with Crippen molar-refractivity contribution in [2.24, 2.45) is 0 Å². The molecule has 206 valence electrons. The van der Waals surface area contributed by atoms with Gasteiger partial charge in [-0.2, -0.15) is 5.10 Å². The van der Waals surface area contributed by atoms with Crippen LogP contribution in [0.4, 0.5) is 5.82 Å². The van der Waals surface area contributed by atoms with Crippen molar-refractivity contribution in [2.45, 2.75) is 25.6 Å². The van der Waals surface area contributed by atoms with Gasteiger partial charge in [0.25, 0.3) is 0 Å². The maximum Gasteiger partial charge on any atom is 0.240 e. The summed E-state index contributed by atoms with van der Waals surface area (Å²) in [6.07, 6.45) is 1.57. The van der Waals surface area contributed by atoms with Crippen molar-refractivity contribution in [3.63, 3.8) is 0 Å². The van der Waals surface area contributed by atoms with Crippen LogP contribution in [0.15, 0.2) is 102 Å². The number of nitrogens with one attached hydrogen (secondary N) is 1. The number of hydrogen-bond acceptors (Lipinski definition) is 5. The molecule has 0 saturated carbocycles. The zero-order valence-electron chi connectivity index (χ0n) is 22.9. The summed E-state index contributed by atoms with van der Waals surface area (Å²) in [4.78, 5) is 28.8. The number of fused-ring (bicyclic) bond motifs is 1. The number of benzene rings is 3. The molecule has 7 nitrogen and oxygen atoms in total. The topological polar surface area (TPSA) is 80.4 Å². The fourth-order valence-electron chi connectivity index (χ4n) is 5.22. The van der Waals surface area contributed by atoms with E-state index in [1.54, 1.807) is 35.1 Å². The summed E-state index contributed by atoms with van der Waals surface area (Å²) in [6.45, 7) is 4.22. The van der Waals surface area contributed by atoms with Crippen molar-refractivity contribution in [1.82, 2.24) is 15.1 Å². The molecule has 0 bridgehead atoms. The number of aryl methyl sites for hydroxylation is 2. The smallest absolute Gasteiger partial charge is 0.240 e. The molecule has 0 saturated heterocycles. The molecule has 0 radical (unpaired) electrons. The third-order valence-electron chi connectivity index (χ3n) is 7.29. The molecule has 0 aliphatic carbocycles. The van der Waals surface area contributed by atoms with E-state index < -0.39 is 0 Å². The van der Waals surface area contributed by atoms with Crippen LogP contribution in [0.2, 0.25) is 0 Å². The van der Waals surface area contributed by atoms with Gasteiger partial charge >= 0.3 is 0 Å². The Morgan fingerprint density at radius 3 is 2.41 bits per heavy atom. The average molecular weight is 563 g/mol. The van der Waals surface area contributed by atoms with Crippen LogP contribution >= 0.6 is 11.8 Å². The van der Waals surface area contributed by atoms with Crippen LogP contribution in [0.5, 0.6) is 0 Å². The van der Waals surface area contributed by atoms with Gasteiger partial charge in [-0.25, -0.2) is 4.68 Å². The first-order chi connectivity index (χ1) is 20.0. The SMILES string of the molecule is Cc1ccccc1[C@@H]1SCC(=O)N(CC(=O)NCc2ccco2)c2c1c(-c1ccccc1)nn2-c1ccccc1C. The van der Waals surface area contributed by atoms with Gasteiger partial charge in [0.2, 0.25) is 11.8 Å². The van der Waals surface area contributed by atoms with Gasteiger partial charge in [0, 0.05) is 11.1 Å². The highest BCUT2D eigenvalue weighted by Crippen LogP contribution is 2.49. The Labute approximate surface area is 243 Å². The molecule has 0 spiro atoms. The summed E-state index contributed by atoms with van der Waals surface area (Å²) in [5, 5.41) is 7.92. The van der Waals surface area contributed by atoms with Crippen molar-refractivity contribution in [3.8, 4) is 16.9 Å². The van der Waals surface area contributed by atoms with Crippen LogP contribution in [0.1, 0.15) is 33.3 Å². The Bertz CT molecular complexity index is 1690. The van der Waals surface area contributed by atoms with Gasteiger partial charge in [-0.3, -0.25) is 14.5 Å². The van der Waals surface area contributed by atoms with Crippen LogP contribution in [-0.2, 0) is 16.1 Å². The summed E-state index contributed by atoms with van der Waals surface area (Å²) in [5.74, 6) is 1.07. The number of amides is 2. The second-order valence-electron chi connectivity index (χ2n) is 10.0. The highest BCUT2D eigenvalue weighted by Gasteiger charge is 2.38. The van der Waals surface area contributed by atoms with Gasteiger partial charge < -0.3 is 9.73 Å². The highest BCUT2D eigenvalue weighted by molar-refractivity contribution is 8.00. The van der Waals surface area contributed by atoms with Crippen molar-refractivity contribution in [1.29, 1.82) is 0 Å². The minimum absolute atomic E-state index is 0.139. The molecule has 41 heavy (non-hydrogen) atoms. The van der Waals surface area contributed by atoms with Crippen molar-refractivity contribution < 1.29 is 14.0 Å². The third kappa shape index (κ3) is 5.30. The molecule has 8 heteroatoms. The normalized spacial score (nSPS) is 14.9. The lowest BCUT2D eigenvalue weighted by Gasteiger charge is -2.24. The lowest BCUT2D eigenvalue weighted by Crippen LogP contribution is -2.42. The Morgan fingerprint density at radius 2 is 1.68 bits per heavy atom. The van der Waals surface area contributed by atoms with E-state index in [9.17, 15) is 9.59 Å². The van der Waals surface area contributed by atoms with Crippen molar-refractivity contribution in [3.05, 3.63) is 125 Å². The number of anilines is 1. The van der Waals surface area contributed by atoms with E-state index >= 15 is 0 Å². The van der Waals surface area contributed by atoms with Gasteiger partial charge in [-0.1, -0.05) is 72.8 Å². The molecule has 1 aliphatic rings. The average Bonchev–Trinajstić information content (AvgIpc) is 3.62. The molecular weight excluding hydrogens is 532 g/mol. The maximum atomic E-state index is 13.9. The van der Waals surface area contributed by atoms with E-state index in [0.717, 1.165) is 39.2 Å². The first-order valence-corrected chi connectivity index (χ1v) is 14.6. The predicted octanol–water partition coefficient (Wildman–Crippen LogP) is 6.23. The van der Waals surface area contributed by atoms with Gasteiger partial charge in [-0.15, -0.1) is 11.8 Å². The van der Waals surface area contributed by atoms with E-state index in [2.05, 4.69) is 24.4 Å². The van der Waals surface area contributed by atoms with E-state index in [4.69, 9.17) is 9.52 Å². The van der Waals surface area contributed by atoms with Gasteiger partial charge in [0.05, 0.1) is 35.2 Å². The molecule has 1 atom stereocenters. The Balaban J connectivity index is 1.56. The molecule has 0 unspecified atom stereocenters. The number of furan rings is 1. The Morgan fingerprint density at radius 1 is 0.951 bits per heavy atom. The Hall–Kier alpha value is -4.56. The van der Waals surface area contributed by atoms with Crippen LogP contribution in [0, 0.1) is 13.8 Å². The summed E-state index contributed by atoms with van der Waals surface area (Å²) < 4.78 is 7.22. The van der Waals surface area contributed by atoms with E-state index in [0.29, 0.717) is 11.6 Å². The number of nitrogens with zero attached hydrogens (tertiary/aromatic N) is 3. The second-order valence-corrected chi connectivity index (χ2v) is 11.1. The van der Waals surface area contributed by atoms with E-state index in [-0.39, 0.29) is 35.9 Å². The fourth-order valence-corrected chi connectivity index (χ4v) is 6.52. The van der Waals surface area contributed by atoms with Crippen molar-refractivity contribution >= 4 is 29.4 Å². The third-order valence-corrected chi connectivity index (χ3v) is 8.53. The number of aromatic nitrogens is 2. The quantitative estimate of drug-likeness (QED) is 0.254. The Kier molecular flexibility index (Phi) is 7.48. The molecule has 3 heterocycles. The number of hydrogen-bond donors (Lipinski definition) is 1. The van der Waals surface area contributed by atoms with E-state index in [1.165, 1.54) is 0 Å². The molecule has 2 amide bonds. The number of thioether (sulfide) groups is 1. The summed E-state index contributed by atoms with van der Waals surface area (Å²) in [6, 6.07) is 29.9. The lowest BCUT2D eigenvalue weighted by molar-refractivity contribution is -0.123. The van der Waals surface area contributed by atoms with Crippen molar-refractivity contribution in [2.75, 3.05) is 17.2 Å². The molecule has 0 fully saturated rings. The number of carbonyl (C=O) groups excluding carboxylic acids is 2. The largest absolute Gasteiger partial charge is 0.467 e. The summed E-state index contributed by atoms with van der Waals surface area (Å²) >= 11 is 1.57. The first-order valence-electron chi connectivity index (χ1n) is 13.5. The number of para-hydroxylation sites is 1. The number of carbonyl (C=O) groups is 2. The lowest BCUT2D eigenvalue weighted by atomic mass is 9.96. The van der Waals surface area contributed by atoms with Gasteiger partial charge in [0.1, 0.15) is 18.1 Å². The standard InChI is InChI=1S/C33H30N4O3S/c1-22-11-6-8-16-26(22)32-30-31(24-13-4-3-5-14-24)35-37(27-17-9-7-12-23(27)2)33(30)36(29(39)21-41-32)20-28(38)34-19-25-15-10-18-40-25/h3-18,32H,19-21H2,1-2H3,(H,34,38)/t32-/m0/s1. The van der Waals surface area contributed by atoms with Gasteiger partial charge in [0.15, 0.2) is 0 Å². The zero-order chi connectivity index (χ0) is 28.3. The molecule has 5 aromatic rings. The minimum Gasteiger partial charge on any atom is -0.467 e.